The Labute approximate surface area is 189 Å². The van der Waals surface area contributed by atoms with E-state index in [0.29, 0.717) is 33.8 Å². The van der Waals surface area contributed by atoms with Crippen LogP contribution in [0.5, 0.6) is 0 Å². The molecule has 4 heterocycles. The van der Waals surface area contributed by atoms with Gasteiger partial charge in [-0.3, -0.25) is 14.8 Å². The first-order valence-electron chi connectivity index (χ1n) is 9.92. The summed E-state index contributed by atoms with van der Waals surface area (Å²) in [6.45, 7) is 1.85. The Morgan fingerprint density at radius 1 is 1.09 bits per heavy atom. The molecule has 8 nitrogen and oxygen atoms in total. The molecule has 0 aliphatic carbocycles. The second-order valence-corrected chi connectivity index (χ2v) is 7.70. The highest BCUT2D eigenvalue weighted by Crippen LogP contribution is 2.36. The fourth-order valence-electron chi connectivity index (χ4n) is 3.68. The van der Waals surface area contributed by atoms with E-state index in [4.69, 9.17) is 16.7 Å². The molecule has 0 fully saturated rings. The van der Waals surface area contributed by atoms with Crippen LogP contribution in [-0.4, -0.2) is 30.6 Å². The molecule has 4 aromatic rings. The monoisotopic (exact) mass is 443 g/mol. The molecule has 1 amide bonds. The van der Waals surface area contributed by atoms with Gasteiger partial charge in [-0.2, -0.15) is 4.98 Å². The van der Waals surface area contributed by atoms with Crippen LogP contribution < -0.4 is 10.6 Å². The van der Waals surface area contributed by atoms with E-state index in [1.165, 1.54) is 0 Å². The molecule has 0 saturated carbocycles. The number of hydrogen-bond donors (Lipinski definition) is 2. The van der Waals surface area contributed by atoms with Crippen molar-refractivity contribution in [1.29, 1.82) is 0 Å². The van der Waals surface area contributed by atoms with Crippen LogP contribution in [0.4, 0.5) is 11.6 Å². The van der Waals surface area contributed by atoms with Gasteiger partial charge in [-0.25, -0.2) is 4.68 Å². The summed E-state index contributed by atoms with van der Waals surface area (Å²) in [7, 11) is 0. The van der Waals surface area contributed by atoms with Crippen LogP contribution in [0.1, 0.15) is 18.5 Å². The maximum Gasteiger partial charge on any atom is 0.255 e. The van der Waals surface area contributed by atoms with Crippen molar-refractivity contribution in [3.05, 3.63) is 95.2 Å². The van der Waals surface area contributed by atoms with Gasteiger partial charge in [0.25, 0.3) is 5.91 Å². The first-order valence-corrected chi connectivity index (χ1v) is 10.3. The lowest BCUT2D eigenvalue weighted by molar-refractivity contribution is -0.113. The van der Waals surface area contributed by atoms with Crippen LogP contribution in [0.25, 0.3) is 11.4 Å². The standard InChI is InChI=1S/C23H18ClN7O/c1-14-19(22(32)28-18-8-4-10-26-13-18)20(16-6-3-9-25-12-16)31-23(27-14)29-21(30-31)15-5-2-7-17(24)11-15/h2-13,20H,1H3,(H,28,32)(H,27,29,30)/t20-/m1/s1. The van der Waals surface area contributed by atoms with Gasteiger partial charge < -0.3 is 10.6 Å². The molecule has 0 unspecified atom stereocenters. The van der Waals surface area contributed by atoms with Gasteiger partial charge >= 0.3 is 0 Å². The summed E-state index contributed by atoms with van der Waals surface area (Å²) >= 11 is 6.16. The molecule has 1 atom stereocenters. The number of anilines is 2. The zero-order valence-corrected chi connectivity index (χ0v) is 17.8. The number of aromatic nitrogens is 5. The first-order chi connectivity index (χ1) is 15.6. The van der Waals surface area contributed by atoms with Crippen molar-refractivity contribution in [2.75, 3.05) is 10.6 Å². The van der Waals surface area contributed by atoms with Crippen LogP contribution in [0.2, 0.25) is 5.02 Å². The van der Waals surface area contributed by atoms with Crippen LogP contribution >= 0.6 is 11.6 Å². The minimum Gasteiger partial charge on any atom is -0.328 e. The predicted octanol–water partition coefficient (Wildman–Crippen LogP) is 4.32. The summed E-state index contributed by atoms with van der Waals surface area (Å²) in [5.41, 5.74) is 3.39. The average molecular weight is 444 g/mol. The molecule has 0 bridgehead atoms. The number of amides is 1. The number of hydrogen-bond acceptors (Lipinski definition) is 6. The number of pyridine rings is 2. The summed E-state index contributed by atoms with van der Waals surface area (Å²) in [6, 6.07) is 14.1. The number of fused-ring (bicyclic) bond motifs is 1. The first kappa shape index (κ1) is 19.9. The Kier molecular flexibility index (Phi) is 5.12. The fourth-order valence-corrected chi connectivity index (χ4v) is 3.87. The zero-order valence-electron chi connectivity index (χ0n) is 17.0. The summed E-state index contributed by atoms with van der Waals surface area (Å²) < 4.78 is 1.71. The van der Waals surface area contributed by atoms with E-state index in [1.54, 1.807) is 53.7 Å². The molecule has 5 rings (SSSR count). The van der Waals surface area contributed by atoms with Gasteiger partial charge in [-0.1, -0.05) is 29.8 Å². The number of halogens is 1. The van der Waals surface area contributed by atoms with E-state index in [9.17, 15) is 4.79 Å². The molecule has 3 aromatic heterocycles. The lowest BCUT2D eigenvalue weighted by atomic mass is 9.96. The van der Waals surface area contributed by atoms with Crippen LogP contribution in [0, 0.1) is 0 Å². The van der Waals surface area contributed by atoms with Gasteiger partial charge in [0, 0.05) is 34.9 Å². The smallest absolute Gasteiger partial charge is 0.255 e. The number of carbonyl (C=O) groups is 1. The van der Waals surface area contributed by atoms with Crippen molar-refractivity contribution in [2.45, 2.75) is 13.0 Å². The van der Waals surface area contributed by atoms with Crippen molar-refractivity contribution < 1.29 is 4.79 Å². The molecule has 158 valence electrons. The highest BCUT2D eigenvalue weighted by Gasteiger charge is 2.34. The second-order valence-electron chi connectivity index (χ2n) is 7.26. The molecule has 0 spiro atoms. The summed E-state index contributed by atoms with van der Waals surface area (Å²) in [5, 5.41) is 11.5. The highest BCUT2D eigenvalue weighted by atomic mass is 35.5. The molecule has 1 aliphatic heterocycles. The molecular weight excluding hydrogens is 426 g/mol. The maximum atomic E-state index is 13.4. The van der Waals surface area contributed by atoms with E-state index >= 15 is 0 Å². The third-order valence-electron chi connectivity index (χ3n) is 5.10. The number of nitrogens with zero attached hydrogens (tertiary/aromatic N) is 5. The van der Waals surface area contributed by atoms with Gasteiger partial charge in [0.2, 0.25) is 5.95 Å². The average Bonchev–Trinajstić information content (AvgIpc) is 3.23. The minimum absolute atomic E-state index is 0.262. The van der Waals surface area contributed by atoms with Crippen molar-refractivity contribution in [1.82, 2.24) is 24.7 Å². The summed E-state index contributed by atoms with van der Waals surface area (Å²) in [6.07, 6.45) is 6.67. The van der Waals surface area contributed by atoms with E-state index in [1.807, 2.05) is 31.2 Å². The van der Waals surface area contributed by atoms with Crippen LogP contribution in [-0.2, 0) is 4.79 Å². The van der Waals surface area contributed by atoms with Gasteiger partial charge in [-0.05, 0) is 42.8 Å². The van der Waals surface area contributed by atoms with Crippen molar-refractivity contribution in [2.24, 2.45) is 0 Å². The van der Waals surface area contributed by atoms with Gasteiger partial charge in [0.05, 0.1) is 17.5 Å². The normalized spacial score (nSPS) is 15.1. The van der Waals surface area contributed by atoms with E-state index in [2.05, 4.69) is 25.6 Å². The summed E-state index contributed by atoms with van der Waals surface area (Å²) in [4.78, 5) is 26.3. The van der Waals surface area contributed by atoms with E-state index < -0.39 is 6.04 Å². The molecule has 32 heavy (non-hydrogen) atoms. The Balaban J connectivity index is 1.60. The lowest BCUT2D eigenvalue weighted by Gasteiger charge is -2.28. The third-order valence-corrected chi connectivity index (χ3v) is 5.33. The minimum atomic E-state index is -0.517. The van der Waals surface area contributed by atoms with Crippen molar-refractivity contribution in [3.63, 3.8) is 0 Å². The molecule has 1 aromatic carbocycles. The third kappa shape index (κ3) is 3.72. The van der Waals surface area contributed by atoms with Crippen molar-refractivity contribution in [3.8, 4) is 11.4 Å². The van der Waals surface area contributed by atoms with Crippen LogP contribution in [0.15, 0.2) is 84.6 Å². The highest BCUT2D eigenvalue weighted by molar-refractivity contribution is 6.30. The number of rotatable bonds is 4. The molecular formula is C23H18ClN7O. The molecule has 0 radical (unpaired) electrons. The molecule has 2 N–H and O–H groups in total. The van der Waals surface area contributed by atoms with Crippen LogP contribution in [0.3, 0.4) is 0 Å². The Bertz CT molecular complexity index is 1320. The molecule has 9 heteroatoms. The molecule has 0 saturated heterocycles. The zero-order chi connectivity index (χ0) is 22.1. The maximum absolute atomic E-state index is 13.4. The van der Waals surface area contributed by atoms with E-state index in [0.717, 1.165) is 11.1 Å². The quantitative estimate of drug-likeness (QED) is 0.487. The number of allylic oxidation sites excluding steroid dienone is 1. The fraction of sp³-hybridized carbons (Fsp3) is 0.0870. The van der Waals surface area contributed by atoms with E-state index in [-0.39, 0.29) is 5.91 Å². The largest absolute Gasteiger partial charge is 0.328 e. The Morgan fingerprint density at radius 2 is 1.91 bits per heavy atom. The molecule has 1 aliphatic rings. The topological polar surface area (TPSA) is 97.6 Å². The van der Waals surface area contributed by atoms with Gasteiger partial charge in [-0.15, -0.1) is 5.10 Å². The Hall–Kier alpha value is -4.04. The number of benzene rings is 1. The number of nitrogens with one attached hydrogen (secondary N) is 2. The SMILES string of the molecule is CC1=C(C(=O)Nc2cccnc2)[C@@H](c2cccnc2)n2nc(-c3cccc(Cl)c3)nc2N1. The van der Waals surface area contributed by atoms with Crippen molar-refractivity contribution >= 4 is 29.1 Å². The Morgan fingerprint density at radius 3 is 2.62 bits per heavy atom. The second kappa shape index (κ2) is 8.24. The predicted molar refractivity (Wildman–Crippen MR) is 122 cm³/mol. The number of carbonyl (C=O) groups excluding carboxylic acids is 1. The van der Waals surface area contributed by atoms with Gasteiger partial charge in [0.15, 0.2) is 5.82 Å². The van der Waals surface area contributed by atoms with Gasteiger partial charge in [0.1, 0.15) is 6.04 Å². The summed E-state index contributed by atoms with van der Waals surface area (Å²) in [5.74, 6) is 0.775. The lowest BCUT2D eigenvalue weighted by Crippen LogP contribution is -2.31.